The Bertz CT molecular complexity index is 274. The number of hydrogen-bond donors (Lipinski definition) is 2. The molecule has 0 aliphatic carbocycles. The summed E-state index contributed by atoms with van der Waals surface area (Å²) in [7, 11) is 4.45. The third kappa shape index (κ3) is 5.32. The lowest BCUT2D eigenvalue weighted by Crippen LogP contribution is -2.51. The number of aliphatic hydroxyl groups is 1. The SMILES string of the molecule is CCCNC(C)(CO)CC(C)N(C)CC1CCCN1C. The van der Waals surface area contributed by atoms with Crippen LogP contribution in [-0.4, -0.2) is 72.9 Å². The summed E-state index contributed by atoms with van der Waals surface area (Å²) in [5.41, 5.74) is -0.161. The average molecular weight is 285 g/mol. The van der Waals surface area contributed by atoms with Gasteiger partial charge in [-0.3, -0.25) is 0 Å². The molecule has 0 aromatic carbocycles. The molecule has 1 aliphatic heterocycles. The van der Waals surface area contributed by atoms with Crippen molar-refractivity contribution >= 4 is 0 Å². The fourth-order valence-corrected chi connectivity index (χ4v) is 3.15. The van der Waals surface area contributed by atoms with Gasteiger partial charge in [0.15, 0.2) is 0 Å². The van der Waals surface area contributed by atoms with Crippen molar-refractivity contribution in [3.63, 3.8) is 0 Å². The predicted molar refractivity (Wildman–Crippen MR) is 86.1 cm³/mol. The molecule has 3 atom stereocenters. The summed E-state index contributed by atoms with van der Waals surface area (Å²) in [4.78, 5) is 4.93. The molecular formula is C16H35N3O. The molecular weight excluding hydrogens is 250 g/mol. The highest BCUT2D eigenvalue weighted by atomic mass is 16.3. The second-order valence-corrected chi connectivity index (χ2v) is 6.91. The van der Waals surface area contributed by atoms with Gasteiger partial charge in [0.25, 0.3) is 0 Å². The van der Waals surface area contributed by atoms with Gasteiger partial charge in [-0.2, -0.15) is 0 Å². The molecule has 0 amide bonds. The molecule has 20 heavy (non-hydrogen) atoms. The maximum atomic E-state index is 9.68. The Morgan fingerprint density at radius 3 is 2.70 bits per heavy atom. The molecule has 0 spiro atoms. The molecule has 120 valence electrons. The van der Waals surface area contributed by atoms with Gasteiger partial charge in [-0.1, -0.05) is 6.92 Å². The normalized spacial score (nSPS) is 25.1. The molecule has 0 aromatic heterocycles. The first-order chi connectivity index (χ1) is 9.41. The molecule has 0 bridgehead atoms. The highest BCUT2D eigenvalue weighted by molar-refractivity contribution is 4.88. The van der Waals surface area contributed by atoms with Crippen LogP contribution in [-0.2, 0) is 0 Å². The maximum absolute atomic E-state index is 9.68. The summed E-state index contributed by atoms with van der Waals surface area (Å²) in [5.74, 6) is 0. The highest BCUT2D eigenvalue weighted by Gasteiger charge is 2.29. The smallest absolute Gasteiger partial charge is 0.0611 e. The zero-order chi connectivity index (χ0) is 15.2. The molecule has 1 heterocycles. The van der Waals surface area contributed by atoms with Gasteiger partial charge < -0.3 is 20.2 Å². The van der Waals surface area contributed by atoms with Crippen molar-refractivity contribution in [2.24, 2.45) is 0 Å². The first kappa shape index (κ1) is 17.9. The van der Waals surface area contributed by atoms with Crippen molar-refractivity contribution in [1.29, 1.82) is 0 Å². The maximum Gasteiger partial charge on any atom is 0.0611 e. The summed E-state index contributed by atoms with van der Waals surface area (Å²) in [5, 5.41) is 13.2. The van der Waals surface area contributed by atoms with Crippen LogP contribution in [0.25, 0.3) is 0 Å². The van der Waals surface area contributed by atoms with Crippen molar-refractivity contribution in [1.82, 2.24) is 15.1 Å². The third-order valence-electron chi connectivity index (χ3n) is 4.82. The third-order valence-corrected chi connectivity index (χ3v) is 4.82. The number of likely N-dealkylation sites (tertiary alicyclic amines) is 1. The minimum absolute atomic E-state index is 0.161. The number of nitrogens with zero attached hydrogens (tertiary/aromatic N) is 2. The van der Waals surface area contributed by atoms with Crippen molar-refractivity contribution in [2.45, 2.75) is 64.1 Å². The molecule has 1 aliphatic rings. The van der Waals surface area contributed by atoms with E-state index in [1.54, 1.807) is 0 Å². The Balaban J connectivity index is 2.44. The fourth-order valence-electron chi connectivity index (χ4n) is 3.15. The zero-order valence-corrected chi connectivity index (χ0v) is 14.2. The first-order valence-corrected chi connectivity index (χ1v) is 8.18. The Morgan fingerprint density at radius 2 is 2.20 bits per heavy atom. The lowest BCUT2D eigenvalue weighted by atomic mass is 9.93. The Labute approximate surface area is 125 Å². The average Bonchev–Trinajstić information content (AvgIpc) is 2.82. The standard InChI is InChI=1S/C16H35N3O/c1-6-9-17-16(3,13-20)11-14(2)19(5)12-15-8-7-10-18(15)4/h14-15,17,20H,6-13H2,1-5H3. The lowest BCUT2D eigenvalue weighted by molar-refractivity contribution is 0.114. The molecule has 2 N–H and O–H groups in total. The summed E-state index contributed by atoms with van der Waals surface area (Å²) < 4.78 is 0. The molecule has 1 fully saturated rings. The topological polar surface area (TPSA) is 38.7 Å². The van der Waals surface area contributed by atoms with Crippen LogP contribution < -0.4 is 5.32 Å². The molecule has 0 saturated carbocycles. The van der Waals surface area contributed by atoms with Gasteiger partial charge in [-0.15, -0.1) is 0 Å². The highest BCUT2D eigenvalue weighted by Crippen LogP contribution is 2.19. The molecule has 0 aromatic rings. The molecule has 1 rings (SSSR count). The lowest BCUT2D eigenvalue weighted by Gasteiger charge is -2.37. The van der Waals surface area contributed by atoms with Crippen LogP contribution in [0.1, 0.15) is 46.5 Å². The van der Waals surface area contributed by atoms with E-state index in [1.165, 1.54) is 19.4 Å². The largest absolute Gasteiger partial charge is 0.394 e. The van der Waals surface area contributed by atoms with Crippen LogP contribution in [0.4, 0.5) is 0 Å². The predicted octanol–water partition coefficient (Wildman–Crippen LogP) is 1.54. The number of nitrogens with one attached hydrogen (secondary N) is 1. The van der Waals surface area contributed by atoms with Gasteiger partial charge in [0, 0.05) is 24.2 Å². The number of likely N-dealkylation sites (N-methyl/N-ethyl adjacent to an activating group) is 2. The number of hydrogen-bond acceptors (Lipinski definition) is 4. The van der Waals surface area contributed by atoms with Crippen molar-refractivity contribution in [3.05, 3.63) is 0 Å². The van der Waals surface area contributed by atoms with Gasteiger partial charge in [-0.05, 0) is 66.7 Å². The van der Waals surface area contributed by atoms with Crippen LogP contribution in [0, 0.1) is 0 Å². The Kier molecular flexibility index (Phi) is 7.45. The quantitative estimate of drug-likeness (QED) is 0.674. The van der Waals surface area contributed by atoms with Crippen molar-refractivity contribution in [3.8, 4) is 0 Å². The monoisotopic (exact) mass is 285 g/mol. The van der Waals surface area contributed by atoms with Gasteiger partial charge in [0.05, 0.1) is 6.61 Å². The molecule has 1 saturated heterocycles. The molecule has 3 unspecified atom stereocenters. The van der Waals surface area contributed by atoms with Crippen LogP contribution in [0.15, 0.2) is 0 Å². The fraction of sp³-hybridized carbons (Fsp3) is 1.00. The van der Waals surface area contributed by atoms with E-state index < -0.39 is 0 Å². The van der Waals surface area contributed by atoms with Crippen LogP contribution in [0.3, 0.4) is 0 Å². The van der Waals surface area contributed by atoms with Gasteiger partial charge in [0.2, 0.25) is 0 Å². The van der Waals surface area contributed by atoms with Crippen LogP contribution >= 0.6 is 0 Å². The van der Waals surface area contributed by atoms with Gasteiger partial charge in [0.1, 0.15) is 0 Å². The summed E-state index contributed by atoms with van der Waals surface area (Å²) in [6, 6.07) is 1.18. The van der Waals surface area contributed by atoms with E-state index in [2.05, 4.69) is 50.0 Å². The van der Waals surface area contributed by atoms with E-state index in [0.717, 1.165) is 25.9 Å². The summed E-state index contributed by atoms with van der Waals surface area (Å²) >= 11 is 0. The molecule has 4 nitrogen and oxygen atoms in total. The zero-order valence-electron chi connectivity index (χ0n) is 14.2. The second kappa shape index (κ2) is 8.32. The van der Waals surface area contributed by atoms with E-state index in [1.807, 2.05) is 0 Å². The van der Waals surface area contributed by atoms with E-state index in [-0.39, 0.29) is 12.1 Å². The van der Waals surface area contributed by atoms with Crippen molar-refractivity contribution < 1.29 is 5.11 Å². The molecule has 0 radical (unpaired) electrons. The number of rotatable bonds is 9. The number of aliphatic hydroxyl groups excluding tert-OH is 1. The van der Waals surface area contributed by atoms with E-state index in [0.29, 0.717) is 12.1 Å². The van der Waals surface area contributed by atoms with Crippen LogP contribution in [0.5, 0.6) is 0 Å². The van der Waals surface area contributed by atoms with E-state index >= 15 is 0 Å². The Hall–Kier alpha value is -0.160. The minimum Gasteiger partial charge on any atom is -0.394 e. The summed E-state index contributed by atoms with van der Waals surface area (Å²) in [6.07, 6.45) is 4.73. The Morgan fingerprint density at radius 1 is 1.50 bits per heavy atom. The van der Waals surface area contributed by atoms with E-state index in [4.69, 9.17) is 0 Å². The minimum atomic E-state index is -0.161. The second-order valence-electron chi connectivity index (χ2n) is 6.91. The van der Waals surface area contributed by atoms with Crippen LogP contribution in [0.2, 0.25) is 0 Å². The van der Waals surface area contributed by atoms with Crippen molar-refractivity contribution in [2.75, 3.05) is 40.3 Å². The first-order valence-electron chi connectivity index (χ1n) is 8.18. The summed E-state index contributed by atoms with van der Waals surface area (Å²) in [6.45, 7) is 10.1. The van der Waals surface area contributed by atoms with E-state index in [9.17, 15) is 5.11 Å². The van der Waals surface area contributed by atoms with Gasteiger partial charge in [-0.25, -0.2) is 0 Å². The van der Waals surface area contributed by atoms with Gasteiger partial charge >= 0.3 is 0 Å². The molecule has 4 heteroatoms.